The molecule has 5 rings (SSSR count). The quantitative estimate of drug-likeness (QED) is 0.351. The number of ether oxygens (including phenoxy) is 1. The molecule has 2 aromatic heterocycles. The lowest BCUT2D eigenvalue weighted by molar-refractivity contribution is 0.232. The lowest BCUT2D eigenvalue weighted by Crippen LogP contribution is -2.26. The van der Waals surface area contributed by atoms with Crippen molar-refractivity contribution in [1.29, 1.82) is 0 Å². The van der Waals surface area contributed by atoms with E-state index in [4.69, 9.17) is 4.74 Å². The summed E-state index contributed by atoms with van der Waals surface area (Å²) >= 11 is 0. The Kier molecular flexibility index (Phi) is 7.32. The molecule has 1 atom stereocenters. The molecule has 1 saturated heterocycles. The molecule has 4 aromatic rings. The molecular formula is C28H27F2N5O2. The maximum absolute atomic E-state index is 13.7. The largest absolute Gasteiger partial charge is 0.490 e. The molecule has 1 aliphatic heterocycles. The zero-order valence-electron chi connectivity index (χ0n) is 20.5. The van der Waals surface area contributed by atoms with Crippen LogP contribution in [0.15, 0.2) is 71.8 Å². The SMILES string of the molecule is CN1CCCC1CCOc1cnc(-c2cccc(Cn3nc(-c4cc(F)cc(F)c4)ccc3=O)c2)nc1. The van der Waals surface area contributed by atoms with Crippen LogP contribution in [0, 0.1) is 11.6 Å². The van der Waals surface area contributed by atoms with Gasteiger partial charge in [-0.25, -0.2) is 23.4 Å². The Morgan fingerprint density at radius 3 is 2.51 bits per heavy atom. The second-order valence-corrected chi connectivity index (χ2v) is 9.23. The van der Waals surface area contributed by atoms with Gasteiger partial charge in [0.15, 0.2) is 11.6 Å². The van der Waals surface area contributed by atoms with E-state index in [1.54, 1.807) is 12.4 Å². The Hall–Kier alpha value is -3.98. The Morgan fingerprint density at radius 1 is 1.00 bits per heavy atom. The molecule has 1 aliphatic rings. The second-order valence-electron chi connectivity index (χ2n) is 9.23. The van der Waals surface area contributed by atoms with Crippen molar-refractivity contribution in [1.82, 2.24) is 24.6 Å². The first-order valence-corrected chi connectivity index (χ1v) is 12.2. The van der Waals surface area contributed by atoms with Gasteiger partial charge in [0.2, 0.25) is 0 Å². The molecule has 1 fully saturated rings. The molecule has 9 heteroatoms. The third kappa shape index (κ3) is 6.06. The molecule has 0 spiro atoms. The maximum atomic E-state index is 13.7. The van der Waals surface area contributed by atoms with E-state index in [2.05, 4.69) is 27.0 Å². The lowest BCUT2D eigenvalue weighted by atomic mass is 10.1. The van der Waals surface area contributed by atoms with Crippen LogP contribution in [0.25, 0.3) is 22.6 Å². The third-order valence-corrected chi connectivity index (χ3v) is 6.56. The van der Waals surface area contributed by atoms with Crippen LogP contribution >= 0.6 is 0 Å². The molecule has 7 nitrogen and oxygen atoms in total. The minimum atomic E-state index is -0.708. The first kappa shape index (κ1) is 24.7. The van der Waals surface area contributed by atoms with E-state index in [1.807, 2.05) is 24.3 Å². The van der Waals surface area contributed by atoms with Gasteiger partial charge in [0.05, 0.1) is 31.2 Å². The van der Waals surface area contributed by atoms with Gasteiger partial charge in [-0.2, -0.15) is 5.10 Å². The monoisotopic (exact) mass is 503 g/mol. The summed E-state index contributed by atoms with van der Waals surface area (Å²) in [4.78, 5) is 23.7. The minimum Gasteiger partial charge on any atom is -0.490 e. The van der Waals surface area contributed by atoms with Gasteiger partial charge in [0.25, 0.3) is 5.56 Å². The molecule has 0 radical (unpaired) electrons. The number of halogens is 2. The average molecular weight is 504 g/mol. The Morgan fingerprint density at radius 2 is 1.78 bits per heavy atom. The number of hydrogen-bond acceptors (Lipinski definition) is 6. The van der Waals surface area contributed by atoms with Crippen molar-refractivity contribution < 1.29 is 13.5 Å². The number of nitrogens with zero attached hydrogens (tertiary/aromatic N) is 5. The fourth-order valence-electron chi connectivity index (χ4n) is 4.60. The van der Waals surface area contributed by atoms with Crippen molar-refractivity contribution >= 4 is 0 Å². The summed E-state index contributed by atoms with van der Waals surface area (Å²) in [6.07, 6.45) is 6.76. The summed E-state index contributed by atoms with van der Waals surface area (Å²) in [6, 6.07) is 14.0. The molecule has 0 amide bonds. The van der Waals surface area contributed by atoms with E-state index >= 15 is 0 Å². The summed E-state index contributed by atoms with van der Waals surface area (Å²) in [6.45, 7) is 1.94. The number of aromatic nitrogens is 4. The summed E-state index contributed by atoms with van der Waals surface area (Å²) in [7, 11) is 2.15. The van der Waals surface area contributed by atoms with Crippen molar-refractivity contribution in [3.05, 3.63) is 94.5 Å². The standard InChI is InChI=1S/C28H27F2N5O2/c1-34-10-3-6-24(34)9-11-37-25-16-31-28(32-17-25)20-5-2-4-19(12-20)18-35-27(36)8-7-26(33-35)21-13-22(29)15-23(30)14-21/h2,4-5,7-8,12-17,24H,3,6,9-11,18H2,1H3. The van der Waals surface area contributed by atoms with Crippen LogP contribution in [0.4, 0.5) is 8.78 Å². The number of hydrogen-bond donors (Lipinski definition) is 0. The van der Waals surface area contributed by atoms with Gasteiger partial charge in [-0.15, -0.1) is 0 Å². The fourth-order valence-corrected chi connectivity index (χ4v) is 4.60. The van der Waals surface area contributed by atoms with Gasteiger partial charge in [-0.1, -0.05) is 18.2 Å². The molecule has 2 aromatic carbocycles. The van der Waals surface area contributed by atoms with E-state index in [9.17, 15) is 13.6 Å². The Bertz CT molecular complexity index is 1420. The van der Waals surface area contributed by atoms with E-state index in [0.29, 0.717) is 29.9 Å². The number of likely N-dealkylation sites (tertiary alicyclic amines) is 1. The number of benzene rings is 2. The maximum Gasteiger partial charge on any atom is 0.267 e. The van der Waals surface area contributed by atoms with E-state index in [-0.39, 0.29) is 17.7 Å². The van der Waals surface area contributed by atoms with Crippen LogP contribution in [0.5, 0.6) is 5.75 Å². The topological polar surface area (TPSA) is 73.1 Å². The molecular weight excluding hydrogens is 476 g/mol. The van der Waals surface area contributed by atoms with Crippen molar-refractivity contribution in [3.8, 4) is 28.4 Å². The summed E-state index contributed by atoms with van der Waals surface area (Å²) in [5.74, 6) is -0.254. The van der Waals surface area contributed by atoms with Crippen LogP contribution in [0.1, 0.15) is 24.8 Å². The van der Waals surface area contributed by atoms with Crippen molar-refractivity contribution in [3.63, 3.8) is 0 Å². The van der Waals surface area contributed by atoms with Gasteiger partial charge in [0, 0.05) is 29.3 Å². The average Bonchev–Trinajstić information content (AvgIpc) is 3.30. The van der Waals surface area contributed by atoms with Crippen LogP contribution in [-0.4, -0.2) is 50.9 Å². The van der Waals surface area contributed by atoms with Crippen LogP contribution in [0.3, 0.4) is 0 Å². The van der Waals surface area contributed by atoms with Gasteiger partial charge < -0.3 is 9.64 Å². The molecule has 0 aliphatic carbocycles. The lowest BCUT2D eigenvalue weighted by Gasteiger charge is -2.19. The predicted molar refractivity (Wildman–Crippen MR) is 136 cm³/mol. The van der Waals surface area contributed by atoms with Gasteiger partial charge >= 0.3 is 0 Å². The molecule has 190 valence electrons. The second kappa shape index (κ2) is 11.0. The van der Waals surface area contributed by atoms with E-state index < -0.39 is 11.6 Å². The minimum absolute atomic E-state index is 0.176. The Labute approximate surface area is 213 Å². The zero-order valence-corrected chi connectivity index (χ0v) is 20.5. The highest BCUT2D eigenvalue weighted by atomic mass is 19.1. The van der Waals surface area contributed by atoms with Crippen LogP contribution in [-0.2, 0) is 6.54 Å². The molecule has 0 saturated carbocycles. The Balaban J connectivity index is 1.27. The highest BCUT2D eigenvalue weighted by Gasteiger charge is 2.20. The van der Waals surface area contributed by atoms with Crippen molar-refractivity contribution in [2.75, 3.05) is 20.2 Å². The molecule has 0 N–H and O–H groups in total. The van der Waals surface area contributed by atoms with E-state index in [1.165, 1.54) is 41.8 Å². The smallest absolute Gasteiger partial charge is 0.267 e. The summed E-state index contributed by atoms with van der Waals surface area (Å²) < 4.78 is 34.4. The number of rotatable bonds is 8. The van der Waals surface area contributed by atoms with Gasteiger partial charge in [0.1, 0.15) is 11.6 Å². The predicted octanol–water partition coefficient (Wildman–Crippen LogP) is 4.56. The summed E-state index contributed by atoms with van der Waals surface area (Å²) in [5.41, 5.74) is 1.82. The molecule has 37 heavy (non-hydrogen) atoms. The molecule has 0 bridgehead atoms. The highest BCUT2D eigenvalue weighted by molar-refractivity contribution is 5.58. The first-order chi connectivity index (χ1) is 17.9. The molecule has 3 heterocycles. The van der Waals surface area contributed by atoms with Crippen molar-refractivity contribution in [2.45, 2.75) is 31.8 Å². The fraction of sp³-hybridized carbons (Fsp3) is 0.286. The molecule has 1 unspecified atom stereocenters. The zero-order chi connectivity index (χ0) is 25.8. The van der Waals surface area contributed by atoms with Crippen molar-refractivity contribution in [2.24, 2.45) is 0 Å². The normalized spacial score (nSPS) is 15.7. The first-order valence-electron chi connectivity index (χ1n) is 12.2. The summed E-state index contributed by atoms with van der Waals surface area (Å²) in [5, 5.41) is 4.32. The van der Waals surface area contributed by atoms with E-state index in [0.717, 1.165) is 30.2 Å². The highest BCUT2D eigenvalue weighted by Crippen LogP contribution is 2.22. The van der Waals surface area contributed by atoms with Crippen LogP contribution in [0.2, 0.25) is 0 Å². The van der Waals surface area contributed by atoms with Crippen LogP contribution < -0.4 is 10.3 Å². The van der Waals surface area contributed by atoms with Gasteiger partial charge in [-0.05, 0) is 62.7 Å². The third-order valence-electron chi connectivity index (χ3n) is 6.56. The van der Waals surface area contributed by atoms with Gasteiger partial charge in [-0.3, -0.25) is 4.79 Å².